The largest absolute Gasteiger partial charge is 0.347 e. The van der Waals surface area contributed by atoms with Crippen LogP contribution in [0.5, 0.6) is 0 Å². The Morgan fingerprint density at radius 2 is 1.97 bits per heavy atom. The zero-order valence-electron chi connectivity index (χ0n) is 18.8. The van der Waals surface area contributed by atoms with Crippen molar-refractivity contribution >= 4 is 64.8 Å². The number of rotatable bonds is 6. The number of thiazole rings is 1. The number of hydrogen-bond donors (Lipinski definition) is 3. The number of nitrogens with one attached hydrogen (secondary N) is 3. The van der Waals surface area contributed by atoms with Crippen molar-refractivity contribution in [2.24, 2.45) is 0 Å². The van der Waals surface area contributed by atoms with Crippen LogP contribution in [0.2, 0.25) is 5.02 Å². The zero-order valence-corrected chi connectivity index (χ0v) is 21.1. The summed E-state index contributed by atoms with van der Waals surface area (Å²) in [7, 11) is 5.01. The number of carbonyl (C=O) groups excluding carboxylic acids is 4. The summed E-state index contributed by atoms with van der Waals surface area (Å²) >= 11 is 7.05. The summed E-state index contributed by atoms with van der Waals surface area (Å²) in [6.07, 6.45) is 2.09. The van der Waals surface area contributed by atoms with Crippen molar-refractivity contribution in [3.63, 3.8) is 0 Å². The van der Waals surface area contributed by atoms with E-state index in [1.165, 1.54) is 48.7 Å². The van der Waals surface area contributed by atoms with Crippen LogP contribution in [0, 0.1) is 0 Å². The molecular weight excluding hydrogens is 505 g/mol. The van der Waals surface area contributed by atoms with Crippen LogP contribution in [0.3, 0.4) is 0 Å². The van der Waals surface area contributed by atoms with Gasteiger partial charge in [0.25, 0.3) is 5.91 Å². The highest BCUT2D eigenvalue weighted by atomic mass is 35.5. The molecule has 1 aliphatic heterocycles. The van der Waals surface area contributed by atoms with Gasteiger partial charge in [0, 0.05) is 51.2 Å². The lowest BCUT2D eigenvalue weighted by molar-refractivity contribution is -0.139. The molecule has 0 bridgehead atoms. The molecule has 3 rings (SSSR count). The van der Waals surface area contributed by atoms with E-state index >= 15 is 0 Å². The SMILES string of the molecule is CN1CCc2nc(C(=O)NC[C@H](NC(=O)C(=O)Nc3ccc(Cl)cn3)C(=O)N(C)C)sc2C1.Cl. The number of anilines is 1. The van der Waals surface area contributed by atoms with E-state index in [9.17, 15) is 19.2 Å². The molecule has 3 heterocycles. The number of nitrogens with zero attached hydrogens (tertiary/aromatic N) is 4. The number of likely N-dealkylation sites (N-methyl/N-ethyl adjacent to an activating group) is 2. The molecule has 0 aliphatic carbocycles. The Labute approximate surface area is 211 Å². The predicted molar refractivity (Wildman–Crippen MR) is 130 cm³/mol. The standard InChI is InChI=1S/C20H24ClN7O4S.ClH/c1-27(2)20(32)13(24-16(29)17(30)26-15-5-4-11(21)8-22-15)9-23-18(31)19-25-12-6-7-28(3)10-14(12)33-19;/h4-5,8,13H,6-7,9-10H2,1-3H3,(H,23,31)(H,24,29)(H,22,26,30);1H/t13-;/m0./s1. The fraction of sp³-hybridized carbons (Fsp3) is 0.400. The van der Waals surface area contributed by atoms with Crippen molar-refractivity contribution in [3.05, 3.63) is 38.9 Å². The zero-order chi connectivity index (χ0) is 24.1. The monoisotopic (exact) mass is 529 g/mol. The lowest BCUT2D eigenvalue weighted by Crippen LogP contribution is -2.54. The normalized spacial score (nSPS) is 13.6. The number of fused-ring (bicyclic) bond motifs is 1. The minimum absolute atomic E-state index is 0. The molecule has 11 nitrogen and oxygen atoms in total. The molecule has 2 aromatic heterocycles. The van der Waals surface area contributed by atoms with E-state index < -0.39 is 29.7 Å². The smallest absolute Gasteiger partial charge is 0.314 e. The van der Waals surface area contributed by atoms with Gasteiger partial charge in [-0.1, -0.05) is 11.6 Å². The highest BCUT2D eigenvalue weighted by molar-refractivity contribution is 7.13. The van der Waals surface area contributed by atoms with Crippen molar-refractivity contribution in [1.29, 1.82) is 0 Å². The second-order valence-electron chi connectivity index (χ2n) is 7.66. The van der Waals surface area contributed by atoms with Crippen LogP contribution in [0.1, 0.15) is 20.4 Å². The van der Waals surface area contributed by atoms with Gasteiger partial charge in [-0.2, -0.15) is 0 Å². The van der Waals surface area contributed by atoms with Gasteiger partial charge in [0.05, 0.1) is 10.7 Å². The maximum absolute atomic E-state index is 12.6. The Bertz CT molecular complexity index is 1060. The molecule has 0 unspecified atom stereocenters. The van der Waals surface area contributed by atoms with Crippen molar-refractivity contribution < 1.29 is 19.2 Å². The first kappa shape index (κ1) is 27.4. The fourth-order valence-electron chi connectivity index (χ4n) is 3.05. The second kappa shape index (κ2) is 12.1. The molecule has 0 spiro atoms. The lowest BCUT2D eigenvalue weighted by Gasteiger charge is -2.21. The summed E-state index contributed by atoms with van der Waals surface area (Å²) in [5, 5.41) is 7.97. The molecule has 1 atom stereocenters. The third kappa shape index (κ3) is 7.10. The van der Waals surface area contributed by atoms with Gasteiger partial charge in [-0.15, -0.1) is 23.7 Å². The number of carbonyl (C=O) groups is 4. The highest BCUT2D eigenvalue weighted by Gasteiger charge is 2.27. The quantitative estimate of drug-likeness (QED) is 0.464. The van der Waals surface area contributed by atoms with Gasteiger partial charge >= 0.3 is 11.8 Å². The van der Waals surface area contributed by atoms with E-state index in [1.807, 2.05) is 7.05 Å². The molecule has 0 saturated carbocycles. The van der Waals surface area contributed by atoms with E-state index in [4.69, 9.17) is 11.6 Å². The molecule has 0 fully saturated rings. The van der Waals surface area contributed by atoms with Crippen molar-refractivity contribution in [2.45, 2.75) is 19.0 Å². The van der Waals surface area contributed by atoms with E-state index in [0.29, 0.717) is 10.0 Å². The number of aromatic nitrogens is 2. The molecule has 0 radical (unpaired) electrons. The van der Waals surface area contributed by atoms with Crippen molar-refractivity contribution in [3.8, 4) is 0 Å². The topological polar surface area (TPSA) is 137 Å². The van der Waals surface area contributed by atoms with Gasteiger partial charge in [-0.3, -0.25) is 19.2 Å². The summed E-state index contributed by atoms with van der Waals surface area (Å²) < 4.78 is 0. The Morgan fingerprint density at radius 1 is 1.24 bits per heavy atom. The second-order valence-corrected chi connectivity index (χ2v) is 9.18. The maximum Gasteiger partial charge on any atom is 0.314 e. The fourth-order valence-corrected chi connectivity index (χ4v) is 4.27. The van der Waals surface area contributed by atoms with Gasteiger partial charge in [0.15, 0.2) is 5.01 Å². The molecule has 14 heteroatoms. The number of pyridine rings is 1. The molecule has 4 amide bonds. The van der Waals surface area contributed by atoms with Gasteiger partial charge in [-0.25, -0.2) is 9.97 Å². The first-order valence-corrected chi connectivity index (χ1v) is 11.2. The number of halogens is 2. The molecule has 34 heavy (non-hydrogen) atoms. The molecule has 184 valence electrons. The first-order chi connectivity index (χ1) is 15.6. The summed E-state index contributed by atoms with van der Waals surface area (Å²) in [5.74, 6) is -2.86. The van der Waals surface area contributed by atoms with Crippen LogP contribution in [0.4, 0.5) is 5.82 Å². The van der Waals surface area contributed by atoms with Crippen LogP contribution in [0.25, 0.3) is 0 Å². The lowest BCUT2D eigenvalue weighted by atomic mass is 10.2. The van der Waals surface area contributed by atoms with Gasteiger partial charge in [-0.05, 0) is 19.2 Å². The van der Waals surface area contributed by atoms with Crippen molar-refractivity contribution in [1.82, 2.24) is 30.4 Å². The van der Waals surface area contributed by atoms with Crippen LogP contribution >= 0.6 is 35.3 Å². The molecule has 2 aromatic rings. The highest BCUT2D eigenvalue weighted by Crippen LogP contribution is 2.24. The summed E-state index contributed by atoms with van der Waals surface area (Å²) in [5.41, 5.74) is 0.907. The average molecular weight is 530 g/mol. The third-order valence-electron chi connectivity index (χ3n) is 4.80. The summed E-state index contributed by atoms with van der Waals surface area (Å²) in [6, 6.07) is 1.78. The predicted octanol–water partition coefficient (Wildman–Crippen LogP) is 0.543. The van der Waals surface area contributed by atoms with Gasteiger partial charge in [0.2, 0.25) is 5.91 Å². The van der Waals surface area contributed by atoms with E-state index in [0.717, 1.165) is 30.1 Å². The molecular formula is C20H25Cl2N7O4S. The Kier molecular flexibility index (Phi) is 9.74. The van der Waals surface area contributed by atoms with Crippen LogP contribution in [-0.4, -0.2) is 83.7 Å². The van der Waals surface area contributed by atoms with Crippen molar-refractivity contribution in [2.75, 3.05) is 39.5 Å². The van der Waals surface area contributed by atoms with Crippen LogP contribution in [-0.2, 0) is 27.3 Å². The minimum Gasteiger partial charge on any atom is -0.347 e. The van der Waals surface area contributed by atoms with E-state index in [-0.39, 0.29) is 24.8 Å². The van der Waals surface area contributed by atoms with Crippen LogP contribution in [0.15, 0.2) is 18.3 Å². The summed E-state index contributed by atoms with van der Waals surface area (Å²) in [6.45, 7) is 1.39. The van der Waals surface area contributed by atoms with Gasteiger partial charge < -0.3 is 25.8 Å². The number of amides is 4. The molecule has 1 aliphatic rings. The summed E-state index contributed by atoms with van der Waals surface area (Å²) in [4.78, 5) is 62.4. The molecule has 3 N–H and O–H groups in total. The third-order valence-corrected chi connectivity index (χ3v) is 6.11. The maximum atomic E-state index is 12.6. The molecule has 0 saturated heterocycles. The first-order valence-electron chi connectivity index (χ1n) is 10.0. The van der Waals surface area contributed by atoms with Gasteiger partial charge in [0.1, 0.15) is 11.9 Å². The Balaban J connectivity index is 0.00000408. The van der Waals surface area contributed by atoms with Crippen LogP contribution < -0.4 is 16.0 Å². The Morgan fingerprint density at radius 3 is 2.62 bits per heavy atom. The average Bonchev–Trinajstić information content (AvgIpc) is 3.20. The molecule has 0 aromatic carbocycles. The van der Waals surface area contributed by atoms with E-state index in [1.54, 1.807) is 0 Å². The van der Waals surface area contributed by atoms with E-state index in [2.05, 4.69) is 30.8 Å². The number of hydrogen-bond acceptors (Lipinski definition) is 8. The minimum atomic E-state index is -1.15. The Hall–Kier alpha value is -2.80.